The fraction of sp³-hybridized carbons (Fsp3) is 0.250. The molecule has 0 aliphatic rings. The summed E-state index contributed by atoms with van der Waals surface area (Å²) >= 11 is 1.57. The summed E-state index contributed by atoms with van der Waals surface area (Å²) in [5.74, 6) is 1.12. The Morgan fingerprint density at radius 1 is 1.47 bits per heavy atom. The molecule has 0 bridgehead atoms. The predicted octanol–water partition coefficient (Wildman–Crippen LogP) is 1.56. The Bertz CT molecular complexity index is 744. The molecular weight excluding hydrogens is 260 g/mol. The van der Waals surface area contributed by atoms with Crippen LogP contribution in [0.1, 0.15) is 18.4 Å². The van der Waals surface area contributed by atoms with Crippen LogP contribution in [0, 0.1) is 11.3 Å². The number of fused-ring (bicyclic) bond motifs is 1. The third kappa shape index (κ3) is 1.91. The molecule has 0 aliphatic carbocycles. The molecule has 3 aromatic rings. The summed E-state index contributed by atoms with van der Waals surface area (Å²) in [4.78, 5) is 9.53. The summed E-state index contributed by atoms with van der Waals surface area (Å²) in [6, 6.07) is 2.08. The van der Waals surface area contributed by atoms with Gasteiger partial charge in [0.05, 0.1) is 5.69 Å². The second kappa shape index (κ2) is 4.84. The van der Waals surface area contributed by atoms with Crippen LogP contribution in [0.15, 0.2) is 24.0 Å². The van der Waals surface area contributed by atoms with Gasteiger partial charge in [0.2, 0.25) is 5.82 Å². The van der Waals surface area contributed by atoms with Gasteiger partial charge in [0.1, 0.15) is 6.07 Å². The Balaban J connectivity index is 2.17. The van der Waals surface area contributed by atoms with E-state index >= 15 is 0 Å². The van der Waals surface area contributed by atoms with Crippen molar-refractivity contribution in [3.63, 3.8) is 0 Å². The lowest BCUT2D eigenvalue weighted by molar-refractivity contribution is 0.700. The minimum atomic E-state index is 0.350. The van der Waals surface area contributed by atoms with Crippen molar-refractivity contribution in [2.75, 3.05) is 6.54 Å². The monoisotopic (exact) mass is 272 g/mol. The van der Waals surface area contributed by atoms with Crippen molar-refractivity contribution in [2.45, 2.75) is 13.5 Å². The maximum atomic E-state index is 9.08. The van der Waals surface area contributed by atoms with Crippen LogP contribution in [0.4, 0.5) is 0 Å². The first-order valence-electron chi connectivity index (χ1n) is 5.94. The second-order valence-corrected chi connectivity index (χ2v) is 4.82. The number of imidazole rings is 2. The number of nitrogens with one attached hydrogen (secondary N) is 1. The van der Waals surface area contributed by atoms with E-state index < -0.39 is 0 Å². The number of hydrogen-bond donors (Lipinski definition) is 1. The highest BCUT2D eigenvalue weighted by molar-refractivity contribution is 7.15. The average molecular weight is 272 g/mol. The zero-order valence-corrected chi connectivity index (χ0v) is 11.2. The summed E-state index contributed by atoms with van der Waals surface area (Å²) in [5.41, 5.74) is 1.03. The molecule has 3 heterocycles. The summed E-state index contributed by atoms with van der Waals surface area (Å²) in [6.45, 7) is 3.64. The minimum absolute atomic E-state index is 0.350. The number of nitriles is 1. The van der Waals surface area contributed by atoms with E-state index in [4.69, 9.17) is 5.26 Å². The molecule has 0 saturated carbocycles. The molecule has 6 nitrogen and oxygen atoms in total. The number of rotatable bonds is 4. The van der Waals surface area contributed by atoms with Crippen LogP contribution < -0.4 is 5.32 Å². The maximum absolute atomic E-state index is 9.08. The Labute approximate surface area is 114 Å². The van der Waals surface area contributed by atoms with Crippen molar-refractivity contribution in [2.24, 2.45) is 0 Å². The highest BCUT2D eigenvalue weighted by atomic mass is 32.1. The number of hydrogen-bond acceptors (Lipinski definition) is 5. The van der Waals surface area contributed by atoms with E-state index in [1.807, 2.05) is 16.0 Å². The van der Waals surface area contributed by atoms with Gasteiger partial charge in [-0.3, -0.25) is 8.97 Å². The van der Waals surface area contributed by atoms with E-state index in [0.29, 0.717) is 12.4 Å². The molecular formula is C12H12N6S. The van der Waals surface area contributed by atoms with Gasteiger partial charge in [0.15, 0.2) is 10.8 Å². The first kappa shape index (κ1) is 11.9. The predicted molar refractivity (Wildman–Crippen MR) is 72.3 cm³/mol. The highest BCUT2D eigenvalue weighted by Gasteiger charge is 2.16. The van der Waals surface area contributed by atoms with Crippen LogP contribution in [0.2, 0.25) is 0 Å². The van der Waals surface area contributed by atoms with Gasteiger partial charge in [0.25, 0.3) is 0 Å². The molecule has 3 aromatic heterocycles. The van der Waals surface area contributed by atoms with E-state index in [1.54, 1.807) is 28.3 Å². The molecule has 7 heteroatoms. The fourth-order valence-corrected chi connectivity index (χ4v) is 2.71. The normalized spacial score (nSPS) is 10.9. The van der Waals surface area contributed by atoms with Crippen molar-refractivity contribution in [1.82, 2.24) is 24.3 Å². The van der Waals surface area contributed by atoms with Gasteiger partial charge in [-0.2, -0.15) is 5.26 Å². The molecule has 0 atom stereocenters. The molecule has 19 heavy (non-hydrogen) atoms. The lowest BCUT2D eigenvalue weighted by Gasteiger charge is -2.05. The van der Waals surface area contributed by atoms with Crippen LogP contribution in [0.25, 0.3) is 10.8 Å². The van der Waals surface area contributed by atoms with Gasteiger partial charge < -0.3 is 5.32 Å². The van der Waals surface area contributed by atoms with Crippen LogP contribution in [-0.4, -0.2) is 25.5 Å². The van der Waals surface area contributed by atoms with Crippen LogP contribution in [-0.2, 0) is 6.54 Å². The summed E-state index contributed by atoms with van der Waals surface area (Å²) in [6.07, 6.45) is 5.37. The van der Waals surface area contributed by atoms with Crippen LogP contribution >= 0.6 is 11.3 Å². The van der Waals surface area contributed by atoms with Crippen LogP contribution in [0.5, 0.6) is 0 Å². The number of aromatic nitrogens is 4. The topological polar surface area (TPSA) is 70.9 Å². The molecule has 96 valence electrons. The Hall–Kier alpha value is -2.17. The third-order valence-electron chi connectivity index (χ3n) is 2.85. The molecule has 3 rings (SSSR count). The van der Waals surface area contributed by atoms with Crippen molar-refractivity contribution in [1.29, 1.82) is 5.26 Å². The summed E-state index contributed by atoms with van der Waals surface area (Å²) < 4.78 is 3.77. The van der Waals surface area contributed by atoms with E-state index in [2.05, 4.69) is 28.3 Å². The quantitative estimate of drug-likeness (QED) is 0.782. The highest BCUT2D eigenvalue weighted by Crippen LogP contribution is 2.21. The van der Waals surface area contributed by atoms with Crippen molar-refractivity contribution in [3.05, 3.63) is 35.5 Å². The van der Waals surface area contributed by atoms with Crippen molar-refractivity contribution < 1.29 is 0 Å². The van der Waals surface area contributed by atoms with Gasteiger partial charge in [-0.1, -0.05) is 6.92 Å². The zero-order chi connectivity index (χ0) is 13.2. The summed E-state index contributed by atoms with van der Waals surface area (Å²) in [7, 11) is 0. The van der Waals surface area contributed by atoms with Gasteiger partial charge in [-0.05, 0) is 6.54 Å². The molecule has 0 fully saturated rings. The lowest BCUT2D eigenvalue weighted by Crippen LogP contribution is -2.15. The summed E-state index contributed by atoms with van der Waals surface area (Å²) in [5, 5.41) is 14.4. The fourth-order valence-electron chi connectivity index (χ4n) is 1.98. The van der Waals surface area contributed by atoms with E-state index in [1.165, 1.54) is 0 Å². The molecule has 0 radical (unpaired) electrons. The van der Waals surface area contributed by atoms with E-state index in [9.17, 15) is 0 Å². The number of thiazole rings is 1. The molecule has 0 saturated heterocycles. The first-order valence-corrected chi connectivity index (χ1v) is 6.82. The van der Waals surface area contributed by atoms with Gasteiger partial charge >= 0.3 is 0 Å². The van der Waals surface area contributed by atoms with Crippen molar-refractivity contribution in [3.8, 4) is 11.9 Å². The molecule has 0 aliphatic heterocycles. The Kier molecular flexibility index (Phi) is 3.03. The zero-order valence-electron chi connectivity index (χ0n) is 10.4. The smallest absolute Gasteiger partial charge is 0.218 e. The lowest BCUT2D eigenvalue weighted by atomic mass is 10.4. The van der Waals surface area contributed by atoms with E-state index in [-0.39, 0.29) is 0 Å². The molecule has 0 unspecified atom stereocenters. The maximum Gasteiger partial charge on any atom is 0.218 e. The largest absolute Gasteiger partial charge is 0.311 e. The van der Waals surface area contributed by atoms with Gasteiger partial charge in [0, 0.05) is 30.5 Å². The number of nitrogens with zero attached hydrogens (tertiary/aromatic N) is 5. The molecule has 0 aromatic carbocycles. The minimum Gasteiger partial charge on any atom is -0.311 e. The standard InChI is InChI=1S/C12H12N6S/c1-2-14-8-9-11(16-12-17(9)5-6-19-12)18-4-3-15-10(18)7-13/h3-6,14H,2,8H2,1H3. The molecule has 0 spiro atoms. The molecule has 0 amide bonds. The Morgan fingerprint density at radius 3 is 3.16 bits per heavy atom. The Morgan fingerprint density at radius 2 is 2.37 bits per heavy atom. The third-order valence-corrected chi connectivity index (χ3v) is 3.61. The van der Waals surface area contributed by atoms with Crippen molar-refractivity contribution >= 4 is 16.3 Å². The average Bonchev–Trinajstić information content (AvgIpc) is 3.11. The van der Waals surface area contributed by atoms with Gasteiger partial charge in [-0.15, -0.1) is 11.3 Å². The first-order chi connectivity index (χ1) is 9.35. The van der Waals surface area contributed by atoms with Gasteiger partial charge in [-0.25, -0.2) is 9.97 Å². The SMILES string of the molecule is CCNCc1c(-n2ccnc2C#N)nc2sccn12. The van der Waals surface area contributed by atoms with Crippen LogP contribution in [0.3, 0.4) is 0 Å². The van der Waals surface area contributed by atoms with E-state index in [0.717, 1.165) is 23.0 Å². The molecule has 1 N–H and O–H groups in total. The second-order valence-electron chi connectivity index (χ2n) is 3.95.